The lowest BCUT2D eigenvalue weighted by Gasteiger charge is -2.35. The molecule has 0 bridgehead atoms. The van der Waals surface area contributed by atoms with Gasteiger partial charge < -0.3 is 10.6 Å². The molecule has 4 heteroatoms. The third-order valence-corrected chi connectivity index (χ3v) is 4.54. The van der Waals surface area contributed by atoms with E-state index in [0.29, 0.717) is 6.04 Å². The lowest BCUT2D eigenvalue weighted by Crippen LogP contribution is -2.46. The van der Waals surface area contributed by atoms with Crippen LogP contribution >= 0.6 is 12.2 Å². The molecule has 114 valence electrons. The van der Waals surface area contributed by atoms with Crippen LogP contribution in [0.5, 0.6) is 0 Å². The van der Waals surface area contributed by atoms with E-state index in [1.165, 1.54) is 19.3 Å². The van der Waals surface area contributed by atoms with Crippen molar-refractivity contribution < 1.29 is 4.79 Å². The highest BCUT2D eigenvalue weighted by molar-refractivity contribution is 7.80. The zero-order valence-corrected chi connectivity index (χ0v) is 13.4. The Bertz CT molecular complexity index is 483. The van der Waals surface area contributed by atoms with E-state index in [1.54, 1.807) is 0 Å². The molecule has 1 aliphatic carbocycles. The number of thiocarbonyl (C=S) groups is 1. The minimum absolute atomic E-state index is 0.0584. The SMILES string of the molecule is CCN(C(=O)C(C(N)=S)c1ccccc1)C1CCCCC1. The molecule has 2 rings (SSSR count). The van der Waals surface area contributed by atoms with E-state index < -0.39 is 5.92 Å². The van der Waals surface area contributed by atoms with Crippen molar-refractivity contribution in [3.8, 4) is 0 Å². The number of carbonyl (C=O) groups excluding carboxylic acids is 1. The van der Waals surface area contributed by atoms with Crippen molar-refractivity contribution in [1.82, 2.24) is 4.90 Å². The van der Waals surface area contributed by atoms with Gasteiger partial charge in [-0.25, -0.2) is 0 Å². The minimum atomic E-state index is -0.497. The average Bonchev–Trinajstić information content (AvgIpc) is 2.50. The van der Waals surface area contributed by atoms with Crippen molar-refractivity contribution >= 4 is 23.1 Å². The zero-order chi connectivity index (χ0) is 15.2. The zero-order valence-electron chi connectivity index (χ0n) is 12.6. The van der Waals surface area contributed by atoms with Crippen LogP contribution in [-0.4, -0.2) is 28.4 Å². The maximum Gasteiger partial charge on any atom is 0.237 e. The molecule has 0 radical (unpaired) electrons. The second-order valence-corrected chi connectivity index (χ2v) is 6.13. The molecular weight excluding hydrogens is 280 g/mol. The predicted octanol–water partition coefficient (Wildman–Crippen LogP) is 3.24. The first-order valence-corrected chi connectivity index (χ1v) is 8.20. The topological polar surface area (TPSA) is 46.3 Å². The van der Waals surface area contributed by atoms with E-state index in [2.05, 4.69) is 0 Å². The van der Waals surface area contributed by atoms with Crippen LogP contribution in [-0.2, 0) is 4.79 Å². The number of carbonyl (C=O) groups is 1. The van der Waals surface area contributed by atoms with Crippen molar-refractivity contribution in [3.05, 3.63) is 35.9 Å². The molecule has 0 spiro atoms. The van der Waals surface area contributed by atoms with Gasteiger partial charge >= 0.3 is 0 Å². The first-order chi connectivity index (χ1) is 10.1. The molecule has 0 aliphatic heterocycles. The van der Waals surface area contributed by atoms with Crippen LogP contribution < -0.4 is 5.73 Å². The summed E-state index contributed by atoms with van der Waals surface area (Å²) in [4.78, 5) is 15.2. The van der Waals surface area contributed by atoms with Crippen LogP contribution in [0.15, 0.2) is 30.3 Å². The fraction of sp³-hybridized carbons (Fsp3) is 0.529. The third-order valence-electron chi connectivity index (χ3n) is 4.30. The molecule has 0 heterocycles. The molecule has 0 aromatic heterocycles. The normalized spacial score (nSPS) is 17.2. The van der Waals surface area contributed by atoms with Crippen LogP contribution in [0.1, 0.15) is 50.5 Å². The van der Waals surface area contributed by atoms with Crippen molar-refractivity contribution in [3.63, 3.8) is 0 Å². The van der Waals surface area contributed by atoms with Gasteiger partial charge in [0.25, 0.3) is 0 Å². The summed E-state index contributed by atoms with van der Waals surface area (Å²) in [5, 5.41) is 0. The summed E-state index contributed by atoms with van der Waals surface area (Å²) in [6, 6.07) is 9.97. The van der Waals surface area contributed by atoms with Gasteiger partial charge in [0.2, 0.25) is 5.91 Å². The van der Waals surface area contributed by atoms with Gasteiger partial charge in [-0.15, -0.1) is 0 Å². The molecule has 1 atom stereocenters. The van der Waals surface area contributed by atoms with E-state index in [1.807, 2.05) is 42.2 Å². The average molecular weight is 304 g/mol. The van der Waals surface area contributed by atoms with E-state index in [4.69, 9.17) is 18.0 Å². The van der Waals surface area contributed by atoms with Crippen LogP contribution in [0.3, 0.4) is 0 Å². The van der Waals surface area contributed by atoms with Crippen LogP contribution in [0.25, 0.3) is 0 Å². The van der Waals surface area contributed by atoms with E-state index in [-0.39, 0.29) is 10.9 Å². The predicted molar refractivity (Wildman–Crippen MR) is 90.2 cm³/mol. The summed E-state index contributed by atoms with van der Waals surface area (Å²) in [7, 11) is 0. The number of likely N-dealkylation sites (N-methyl/N-ethyl adjacent to an activating group) is 1. The number of hydrogen-bond donors (Lipinski definition) is 1. The van der Waals surface area contributed by atoms with Gasteiger partial charge in [-0.3, -0.25) is 4.79 Å². The number of hydrogen-bond acceptors (Lipinski definition) is 2. The van der Waals surface area contributed by atoms with Gasteiger partial charge in [-0.05, 0) is 25.3 Å². The van der Waals surface area contributed by atoms with Gasteiger partial charge in [-0.1, -0.05) is 61.8 Å². The number of benzene rings is 1. The molecule has 1 aliphatic rings. The van der Waals surface area contributed by atoms with Gasteiger partial charge in [0.15, 0.2) is 0 Å². The van der Waals surface area contributed by atoms with Gasteiger partial charge in [0, 0.05) is 12.6 Å². The van der Waals surface area contributed by atoms with Crippen LogP contribution in [0.4, 0.5) is 0 Å². The van der Waals surface area contributed by atoms with Crippen molar-refractivity contribution in [2.45, 2.75) is 51.0 Å². The molecule has 1 aromatic carbocycles. The number of rotatable bonds is 5. The Morgan fingerprint density at radius 1 is 1.29 bits per heavy atom. The summed E-state index contributed by atoms with van der Waals surface area (Å²) < 4.78 is 0. The second-order valence-electron chi connectivity index (χ2n) is 5.66. The molecule has 1 unspecified atom stereocenters. The molecule has 1 aromatic rings. The highest BCUT2D eigenvalue weighted by Crippen LogP contribution is 2.26. The van der Waals surface area contributed by atoms with Gasteiger partial charge in [0.1, 0.15) is 5.92 Å². The third kappa shape index (κ3) is 3.82. The standard InChI is InChI=1S/C17H24N2OS/c1-2-19(14-11-7-4-8-12-14)17(20)15(16(18)21)13-9-5-3-6-10-13/h3,5-6,9-10,14-15H,2,4,7-8,11-12H2,1H3,(H2,18,21). The molecule has 1 fully saturated rings. The highest BCUT2D eigenvalue weighted by atomic mass is 32.1. The van der Waals surface area contributed by atoms with Crippen LogP contribution in [0.2, 0.25) is 0 Å². The first-order valence-electron chi connectivity index (χ1n) is 7.80. The molecule has 21 heavy (non-hydrogen) atoms. The maximum atomic E-state index is 13.0. The fourth-order valence-corrected chi connectivity index (χ4v) is 3.46. The molecule has 2 N–H and O–H groups in total. The van der Waals surface area contributed by atoms with E-state index in [0.717, 1.165) is 24.9 Å². The number of amides is 1. The Hall–Kier alpha value is -1.42. The number of nitrogens with two attached hydrogens (primary N) is 1. The molecule has 1 saturated carbocycles. The van der Waals surface area contributed by atoms with E-state index >= 15 is 0 Å². The molecule has 3 nitrogen and oxygen atoms in total. The first kappa shape index (κ1) is 16.0. The Kier molecular flexibility index (Phi) is 5.74. The lowest BCUT2D eigenvalue weighted by atomic mass is 9.91. The highest BCUT2D eigenvalue weighted by Gasteiger charge is 2.32. The van der Waals surface area contributed by atoms with Crippen molar-refractivity contribution in [1.29, 1.82) is 0 Å². The van der Waals surface area contributed by atoms with Crippen molar-refractivity contribution in [2.75, 3.05) is 6.54 Å². The minimum Gasteiger partial charge on any atom is -0.392 e. The van der Waals surface area contributed by atoms with E-state index in [9.17, 15) is 4.79 Å². The smallest absolute Gasteiger partial charge is 0.237 e. The summed E-state index contributed by atoms with van der Waals surface area (Å²) in [6.45, 7) is 2.75. The van der Waals surface area contributed by atoms with Gasteiger partial charge in [0.05, 0.1) is 4.99 Å². The van der Waals surface area contributed by atoms with Crippen molar-refractivity contribution in [2.24, 2.45) is 5.73 Å². The van der Waals surface area contributed by atoms with Gasteiger partial charge in [-0.2, -0.15) is 0 Å². The Morgan fingerprint density at radius 2 is 1.90 bits per heavy atom. The summed E-state index contributed by atoms with van der Waals surface area (Å²) in [5.41, 5.74) is 6.77. The largest absolute Gasteiger partial charge is 0.392 e. The quantitative estimate of drug-likeness (QED) is 0.850. The summed E-state index contributed by atoms with van der Waals surface area (Å²) >= 11 is 5.17. The summed E-state index contributed by atoms with van der Waals surface area (Å²) in [5.74, 6) is -0.439. The molecule has 1 amide bonds. The monoisotopic (exact) mass is 304 g/mol. The Balaban J connectivity index is 2.22. The van der Waals surface area contributed by atoms with Crippen LogP contribution in [0, 0.1) is 0 Å². The Labute approximate surface area is 132 Å². The maximum absolute atomic E-state index is 13.0. The second kappa shape index (κ2) is 7.55. The number of nitrogens with zero attached hydrogens (tertiary/aromatic N) is 1. The molecular formula is C17H24N2OS. The lowest BCUT2D eigenvalue weighted by molar-refractivity contribution is -0.134. The fourth-order valence-electron chi connectivity index (χ4n) is 3.23. The molecule has 0 saturated heterocycles. The summed E-state index contributed by atoms with van der Waals surface area (Å²) in [6.07, 6.45) is 5.88. The Morgan fingerprint density at radius 3 is 2.43 bits per heavy atom.